The first-order valence-electron chi connectivity index (χ1n) is 7.14. The van der Waals surface area contributed by atoms with Gasteiger partial charge in [-0.05, 0) is 31.0 Å². The molecule has 0 aliphatic rings. The Kier molecular flexibility index (Phi) is 6.56. The number of hydrogen-bond donors (Lipinski definition) is 2. The van der Waals surface area contributed by atoms with E-state index in [1.165, 1.54) is 4.90 Å². The Morgan fingerprint density at radius 2 is 1.91 bits per heavy atom. The maximum Gasteiger partial charge on any atom is 0.310 e. The molecule has 0 saturated heterocycles. The summed E-state index contributed by atoms with van der Waals surface area (Å²) >= 11 is 0. The summed E-state index contributed by atoms with van der Waals surface area (Å²) in [6.45, 7) is 1.59. The number of carboxylic acids is 1. The molecular weight excluding hydrogens is 284 g/mol. The van der Waals surface area contributed by atoms with Crippen molar-refractivity contribution in [2.24, 2.45) is 0 Å². The van der Waals surface area contributed by atoms with Gasteiger partial charge < -0.3 is 15.3 Å². The van der Waals surface area contributed by atoms with E-state index >= 15 is 0 Å². The van der Waals surface area contributed by atoms with Crippen LogP contribution in [0.1, 0.15) is 37.7 Å². The summed E-state index contributed by atoms with van der Waals surface area (Å²) in [6.07, 6.45) is 1.06. The van der Waals surface area contributed by atoms with Gasteiger partial charge in [0.2, 0.25) is 11.8 Å². The van der Waals surface area contributed by atoms with Gasteiger partial charge in [0.1, 0.15) is 0 Å². The van der Waals surface area contributed by atoms with E-state index < -0.39 is 11.9 Å². The average Bonchev–Trinajstić information content (AvgIpc) is 2.46. The Labute approximate surface area is 130 Å². The van der Waals surface area contributed by atoms with E-state index in [9.17, 15) is 14.4 Å². The second-order valence-electron chi connectivity index (χ2n) is 5.38. The zero-order valence-electron chi connectivity index (χ0n) is 13.1. The standard InChI is InChI=1S/C16H22N2O4/c1-11(16(21)22)12-6-4-7-13(10-12)17-14(19)8-5-9-15(20)18(2)3/h4,6-7,10-11H,5,8-9H2,1-3H3,(H,17,19)(H,21,22). The number of aliphatic carboxylic acids is 1. The van der Waals surface area contributed by atoms with Gasteiger partial charge in [0.15, 0.2) is 0 Å². The summed E-state index contributed by atoms with van der Waals surface area (Å²) in [5, 5.41) is 11.7. The molecule has 1 aromatic carbocycles. The summed E-state index contributed by atoms with van der Waals surface area (Å²) < 4.78 is 0. The predicted molar refractivity (Wildman–Crippen MR) is 83.7 cm³/mol. The van der Waals surface area contributed by atoms with Crippen LogP contribution in [-0.2, 0) is 14.4 Å². The van der Waals surface area contributed by atoms with Crippen LogP contribution in [0.15, 0.2) is 24.3 Å². The molecule has 0 aromatic heterocycles. The first-order valence-corrected chi connectivity index (χ1v) is 7.14. The van der Waals surface area contributed by atoms with Crippen molar-refractivity contribution in [1.29, 1.82) is 0 Å². The van der Waals surface area contributed by atoms with Gasteiger partial charge in [-0.1, -0.05) is 12.1 Å². The van der Waals surface area contributed by atoms with Gasteiger partial charge in [-0.15, -0.1) is 0 Å². The highest BCUT2D eigenvalue weighted by atomic mass is 16.4. The SMILES string of the molecule is CC(C(=O)O)c1cccc(NC(=O)CCCC(=O)N(C)C)c1. The maximum atomic E-state index is 11.8. The number of nitrogens with one attached hydrogen (secondary N) is 1. The minimum atomic E-state index is -0.911. The molecule has 0 spiro atoms. The van der Waals surface area contributed by atoms with Crippen molar-refractivity contribution in [2.45, 2.75) is 32.1 Å². The van der Waals surface area contributed by atoms with Gasteiger partial charge in [-0.2, -0.15) is 0 Å². The van der Waals surface area contributed by atoms with Crippen LogP contribution in [0.5, 0.6) is 0 Å². The highest BCUT2D eigenvalue weighted by molar-refractivity contribution is 5.91. The molecule has 22 heavy (non-hydrogen) atoms. The van der Waals surface area contributed by atoms with Crippen molar-refractivity contribution in [3.05, 3.63) is 29.8 Å². The van der Waals surface area contributed by atoms with Crippen LogP contribution in [0.25, 0.3) is 0 Å². The number of carbonyl (C=O) groups is 3. The summed E-state index contributed by atoms with van der Waals surface area (Å²) in [4.78, 5) is 35.7. The van der Waals surface area contributed by atoms with Crippen LogP contribution < -0.4 is 5.32 Å². The third-order valence-electron chi connectivity index (χ3n) is 3.33. The smallest absolute Gasteiger partial charge is 0.310 e. The number of carboxylic acid groups (broad SMARTS) is 1. The lowest BCUT2D eigenvalue weighted by atomic mass is 10.0. The lowest BCUT2D eigenvalue weighted by Crippen LogP contribution is -2.21. The zero-order valence-corrected chi connectivity index (χ0v) is 13.1. The molecule has 1 unspecified atom stereocenters. The monoisotopic (exact) mass is 306 g/mol. The van der Waals surface area contributed by atoms with Crippen LogP contribution in [0.3, 0.4) is 0 Å². The number of benzene rings is 1. The molecule has 0 fully saturated rings. The lowest BCUT2D eigenvalue weighted by Gasteiger charge is -2.11. The maximum absolute atomic E-state index is 11.8. The summed E-state index contributed by atoms with van der Waals surface area (Å²) in [7, 11) is 3.36. The number of nitrogens with zero attached hydrogens (tertiary/aromatic N) is 1. The summed E-state index contributed by atoms with van der Waals surface area (Å²) in [6, 6.07) is 6.78. The first kappa shape index (κ1) is 17.7. The second kappa shape index (κ2) is 8.17. The highest BCUT2D eigenvalue weighted by Gasteiger charge is 2.14. The van der Waals surface area contributed by atoms with Crippen LogP contribution in [0.4, 0.5) is 5.69 Å². The molecule has 0 aliphatic carbocycles. The quantitative estimate of drug-likeness (QED) is 0.807. The molecule has 120 valence electrons. The van der Waals surface area contributed by atoms with Gasteiger partial charge >= 0.3 is 5.97 Å². The third kappa shape index (κ3) is 5.55. The van der Waals surface area contributed by atoms with Gasteiger partial charge in [0.05, 0.1) is 5.92 Å². The third-order valence-corrected chi connectivity index (χ3v) is 3.33. The molecular formula is C16H22N2O4. The zero-order chi connectivity index (χ0) is 16.7. The fraction of sp³-hybridized carbons (Fsp3) is 0.438. The molecule has 0 aliphatic heterocycles. The molecule has 1 rings (SSSR count). The number of hydrogen-bond acceptors (Lipinski definition) is 3. The molecule has 1 aromatic rings. The Hall–Kier alpha value is -2.37. The number of amides is 2. The largest absolute Gasteiger partial charge is 0.481 e. The van der Waals surface area contributed by atoms with E-state index in [1.807, 2.05) is 0 Å². The fourth-order valence-corrected chi connectivity index (χ4v) is 1.88. The second-order valence-corrected chi connectivity index (χ2v) is 5.38. The summed E-state index contributed by atoms with van der Waals surface area (Å²) in [5.41, 5.74) is 1.20. The Balaban J connectivity index is 2.53. The molecule has 0 bridgehead atoms. The first-order chi connectivity index (χ1) is 10.3. The topological polar surface area (TPSA) is 86.7 Å². The Bertz CT molecular complexity index is 555. The van der Waals surface area contributed by atoms with E-state index in [1.54, 1.807) is 45.3 Å². The van der Waals surface area contributed by atoms with E-state index in [0.29, 0.717) is 24.1 Å². The van der Waals surface area contributed by atoms with Crippen LogP contribution in [0.2, 0.25) is 0 Å². The van der Waals surface area contributed by atoms with Gasteiger partial charge in [-0.3, -0.25) is 14.4 Å². The van der Waals surface area contributed by atoms with Crippen molar-refractivity contribution in [3.8, 4) is 0 Å². The van der Waals surface area contributed by atoms with Gasteiger partial charge in [-0.25, -0.2) is 0 Å². The number of carbonyl (C=O) groups excluding carboxylic acids is 2. The fourth-order valence-electron chi connectivity index (χ4n) is 1.88. The normalized spacial score (nSPS) is 11.6. The molecule has 6 heteroatoms. The highest BCUT2D eigenvalue weighted by Crippen LogP contribution is 2.19. The Morgan fingerprint density at radius 3 is 2.50 bits per heavy atom. The predicted octanol–water partition coefficient (Wildman–Crippen LogP) is 2.07. The minimum absolute atomic E-state index is 0.00918. The Morgan fingerprint density at radius 1 is 1.23 bits per heavy atom. The minimum Gasteiger partial charge on any atom is -0.481 e. The molecule has 2 N–H and O–H groups in total. The van der Waals surface area contributed by atoms with Gasteiger partial charge in [0.25, 0.3) is 0 Å². The lowest BCUT2D eigenvalue weighted by molar-refractivity contribution is -0.138. The van der Waals surface area contributed by atoms with Crippen LogP contribution >= 0.6 is 0 Å². The van der Waals surface area contributed by atoms with Crippen LogP contribution in [-0.4, -0.2) is 41.9 Å². The van der Waals surface area contributed by atoms with E-state index in [-0.39, 0.29) is 18.2 Å². The molecule has 0 radical (unpaired) electrons. The van der Waals surface area contributed by atoms with Gasteiger partial charge in [0, 0.05) is 32.6 Å². The van der Waals surface area contributed by atoms with E-state index in [0.717, 1.165) is 0 Å². The summed E-state index contributed by atoms with van der Waals surface area (Å²) in [5.74, 6) is -1.74. The van der Waals surface area contributed by atoms with Crippen LogP contribution in [0, 0.1) is 0 Å². The molecule has 0 heterocycles. The van der Waals surface area contributed by atoms with Crippen molar-refractivity contribution in [3.63, 3.8) is 0 Å². The van der Waals surface area contributed by atoms with Crippen molar-refractivity contribution >= 4 is 23.5 Å². The molecule has 1 atom stereocenters. The van der Waals surface area contributed by atoms with Crippen molar-refractivity contribution in [2.75, 3.05) is 19.4 Å². The average molecular weight is 306 g/mol. The van der Waals surface area contributed by atoms with Crippen molar-refractivity contribution in [1.82, 2.24) is 4.90 Å². The molecule has 6 nitrogen and oxygen atoms in total. The number of rotatable bonds is 7. The van der Waals surface area contributed by atoms with E-state index in [4.69, 9.17) is 5.11 Å². The number of anilines is 1. The molecule has 2 amide bonds. The molecule has 0 saturated carbocycles. The van der Waals surface area contributed by atoms with E-state index in [2.05, 4.69) is 5.32 Å². The van der Waals surface area contributed by atoms with Crippen molar-refractivity contribution < 1.29 is 19.5 Å².